The summed E-state index contributed by atoms with van der Waals surface area (Å²) in [5, 5.41) is 9.06. The molecule has 108 valence electrons. The zero-order valence-electron chi connectivity index (χ0n) is 10.9. The van der Waals surface area contributed by atoms with Crippen LogP contribution >= 0.6 is 15.9 Å². The van der Waals surface area contributed by atoms with Crippen LogP contribution < -0.4 is 9.46 Å². The van der Waals surface area contributed by atoms with Crippen molar-refractivity contribution in [3.63, 3.8) is 0 Å². The number of hydrogen-bond acceptors (Lipinski definition) is 4. The molecule has 0 aliphatic carbocycles. The molecule has 0 amide bonds. The summed E-state index contributed by atoms with van der Waals surface area (Å²) in [6.45, 7) is 3.84. The molecule has 2 N–H and O–H groups in total. The highest BCUT2D eigenvalue weighted by Gasteiger charge is 2.19. The second-order valence-corrected chi connectivity index (χ2v) is 6.50. The van der Waals surface area contributed by atoms with Gasteiger partial charge in [0.15, 0.2) is 0 Å². The molecule has 0 heterocycles. The number of hydrogen-bond donors (Lipinski definition) is 2. The minimum absolute atomic E-state index is 0.117. The largest absolute Gasteiger partial charge is 0.493 e. The molecule has 5 nitrogen and oxygen atoms in total. The summed E-state index contributed by atoms with van der Waals surface area (Å²) < 4.78 is 32.8. The molecule has 19 heavy (non-hydrogen) atoms. The van der Waals surface area contributed by atoms with E-state index in [1.807, 2.05) is 6.92 Å². The Balaban J connectivity index is 3.04. The van der Waals surface area contributed by atoms with E-state index in [1.165, 1.54) is 12.1 Å². The summed E-state index contributed by atoms with van der Waals surface area (Å²) in [5.74, 6) is 0.474. The molecule has 1 rings (SSSR count). The Hall–Kier alpha value is -0.630. The van der Waals surface area contributed by atoms with Gasteiger partial charge in [-0.15, -0.1) is 0 Å². The van der Waals surface area contributed by atoms with Gasteiger partial charge >= 0.3 is 0 Å². The molecule has 0 spiro atoms. The smallest absolute Gasteiger partial charge is 0.241 e. The van der Waals surface area contributed by atoms with E-state index in [4.69, 9.17) is 9.84 Å². The van der Waals surface area contributed by atoms with E-state index >= 15 is 0 Å². The predicted octanol–water partition coefficient (Wildman–Crippen LogP) is 1.90. The Labute approximate surface area is 122 Å². The number of rotatable bonds is 7. The van der Waals surface area contributed by atoms with Crippen molar-refractivity contribution in [3.05, 3.63) is 22.7 Å². The maximum Gasteiger partial charge on any atom is 0.241 e. The molecule has 1 aromatic rings. The minimum Gasteiger partial charge on any atom is -0.493 e. The standard InChI is InChI=1S/C12H18BrNO4S/c1-3-9(8-15)14-19(16,17)10-5-6-11(13)12(7-10)18-4-2/h5-7,9,14-15H,3-4,8H2,1-2H3. The van der Waals surface area contributed by atoms with Crippen LogP contribution in [0.5, 0.6) is 5.75 Å². The Morgan fingerprint density at radius 1 is 1.42 bits per heavy atom. The van der Waals surface area contributed by atoms with Gasteiger partial charge in [-0.3, -0.25) is 0 Å². The quantitative estimate of drug-likeness (QED) is 0.786. The van der Waals surface area contributed by atoms with E-state index in [2.05, 4.69) is 20.7 Å². The van der Waals surface area contributed by atoms with E-state index in [1.54, 1.807) is 13.0 Å². The third-order valence-electron chi connectivity index (χ3n) is 2.55. The molecular weight excluding hydrogens is 334 g/mol. The maximum absolute atomic E-state index is 12.1. The average molecular weight is 352 g/mol. The zero-order chi connectivity index (χ0) is 14.5. The molecule has 0 saturated heterocycles. The number of ether oxygens (including phenoxy) is 1. The van der Waals surface area contributed by atoms with Gasteiger partial charge in [0.25, 0.3) is 0 Å². The maximum atomic E-state index is 12.1. The topological polar surface area (TPSA) is 75.6 Å². The van der Waals surface area contributed by atoms with Crippen LogP contribution in [-0.2, 0) is 10.0 Å². The van der Waals surface area contributed by atoms with Crippen molar-refractivity contribution in [2.24, 2.45) is 0 Å². The number of nitrogens with one attached hydrogen (secondary N) is 1. The van der Waals surface area contributed by atoms with Crippen LogP contribution in [0.25, 0.3) is 0 Å². The van der Waals surface area contributed by atoms with Crippen molar-refractivity contribution in [2.45, 2.75) is 31.2 Å². The Kier molecular flexibility index (Phi) is 6.25. The second kappa shape index (κ2) is 7.23. The van der Waals surface area contributed by atoms with E-state index in [-0.39, 0.29) is 11.5 Å². The molecule has 0 aromatic heterocycles. The van der Waals surface area contributed by atoms with Crippen molar-refractivity contribution >= 4 is 26.0 Å². The third-order valence-corrected chi connectivity index (χ3v) is 4.72. The molecule has 0 aliphatic heterocycles. The molecule has 0 saturated carbocycles. The Morgan fingerprint density at radius 2 is 2.11 bits per heavy atom. The lowest BCUT2D eigenvalue weighted by molar-refractivity contribution is 0.254. The van der Waals surface area contributed by atoms with Crippen LogP contribution in [0.2, 0.25) is 0 Å². The van der Waals surface area contributed by atoms with Crippen molar-refractivity contribution in [2.75, 3.05) is 13.2 Å². The fraction of sp³-hybridized carbons (Fsp3) is 0.500. The van der Waals surface area contributed by atoms with Crippen LogP contribution in [0.15, 0.2) is 27.6 Å². The lowest BCUT2D eigenvalue weighted by Gasteiger charge is -2.15. The molecule has 7 heteroatoms. The molecule has 0 bridgehead atoms. The molecule has 1 atom stereocenters. The minimum atomic E-state index is -3.65. The SMILES string of the molecule is CCOc1cc(S(=O)(=O)NC(CC)CO)ccc1Br. The first-order valence-corrected chi connectivity index (χ1v) is 8.27. The van der Waals surface area contributed by atoms with Gasteiger partial charge in [0.05, 0.1) is 22.6 Å². The van der Waals surface area contributed by atoms with Gasteiger partial charge in [-0.05, 0) is 41.4 Å². The van der Waals surface area contributed by atoms with Crippen molar-refractivity contribution in [1.82, 2.24) is 4.72 Å². The lowest BCUT2D eigenvalue weighted by Crippen LogP contribution is -2.36. The van der Waals surface area contributed by atoms with Crippen molar-refractivity contribution < 1.29 is 18.3 Å². The fourth-order valence-corrected chi connectivity index (χ4v) is 3.14. The summed E-state index contributed by atoms with van der Waals surface area (Å²) in [7, 11) is -3.65. The van der Waals surface area contributed by atoms with Crippen LogP contribution in [-0.4, -0.2) is 32.8 Å². The number of halogens is 1. The van der Waals surface area contributed by atoms with Gasteiger partial charge in [-0.25, -0.2) is 13.1 Å². The highest BCUT2D eigenvalue weighted by molar-refractivity contribution is 9.10. The van der Waals surface area contributed by atoms with Gasteiger partial charge in [-0.1, -0.05) is 6.92 Å². The van der Waals surface area contributed by atoms with Gasteiger partial charge < -0.3 is 9.84 Å². The molecule has 0 radical (unpaired) electrons. The molecule has 0 aliphatic rings. The van der Waals surface area contributed by atoms with Crippen LogP contribution in [0.1, 0.15) is 20.3 Å². The zero-order valence-corrected chi connectivity index (χ0v) is 13.3. The van der Waals surface area contributed by atoms with Gasteiger partial charge in [-0.2, -0.15) is 0 Å². The monoisotopic (exact) mass is 351 g/mol. The summed E-state index contributed by atoms with van der Waals surface area (Å²) in [6, 6.07) is 4.09. The lowest BCUT2D eigenvalue weighted by atomic mass is 10.3. The van der Waals surface area contributed by atoms with E-state index < -0.39 is 16.1 Å². The molecule has 1 unspecified atom stereocenters. The van der Waals surface area contributed by atoms with Gasteiger partial charge in [0.2, 0.25) is 10.0 Å². The fourth-order valence-electron chi connectivity index (χ4n) is 1.45. The predicted molar refractivity (Wildman–Crippen MR) is 76.8 cm³/mol. The second-order valence-electron chi connectivity index (χ2n) is 3.93. The highest BCUT2D eigenvalue weighted by Crippen LogP contribution is 2.28. The van der Waals surface area contributed by atoms with Gasteiger partial charge in [0.1, 0.15) is 5.75 Å². The summed E-state index contributed by atoms with van der Waals surface area (Å²) in [6.07, 6.45) is 0.518. The Bertz CT molecular complexity index is 514. The number of benzene rings is 1. The summed E-state index contributed by atoms with van der Waals surface area (Å²) >= 11 is 3.30. The first-order chi connectivity index (χ1) is 8.94. The van der Waals surface area contributed by atoms with Crippen molar-refractivity contribution in [3.8, 4) is 5.75 Å². The summed E-state index contributed by atoms with van der Waals surface area (Å²) in [4.78, 5) is 0.117. The van der Waals surface area contributed by atoms with Crippen molar-refractivity contribution in [1.29, 1.82) is 0 Å². The van der Waals surface area contributed by atoms with E-state index in [0.717, 1.165) is 0 Å². The normalized spacial score (nSPS) is 13.3. The van der Waals surface area contributed by atoms with E-state index in [9.17, 15) is 8.42 Å². The first kappa shape index (κ1) is 16.4. The number of sulfonamides is 1. The third kappa shape index (κ3) is 4.45. The molecular formula is C12H18BrNO4S. The van der Waals surface area contributed by atoms with Crippen LogP contribution in [0, 0.1) is 0 Å². The summed E-state index contributed by atoms with van der Waals surface area (Å²) in [5.41, 5.74) is 0. The van der Waals surface area contributed by atoms with Crippen LogP contribution in [0.4, 0.5) is 0 Å². The molecule has 1 aromatic carbocycles. The van der Waals surface area contributed by atoms with Gasteiger partial charge in [0, 0.05) is 12.1 Å². The number of aliphatic hydroxyl groups excluding tert-OH is 1. The highest BCUT2D eigenvalue weighted by atomic mass is 79.9. The molecule has 0 fully saturated rings. The first-order valence-electron chi connectivity index (χ1n) is 6.00. The Morgan fingerprint density at radius 3 is 2.63 bits per heavy atom. The number of aliphatic hydroxyl groups is 1. The average Bonchev–Trinajstić information content (AvgIpc) is 2.38. The van der Waals surface area contributed by atoms with E-state index in [0.29, 0.717) is 23.2 Å². The van der Waals surface area contributed by atoms with Crippen LogP contribution in [0.3, 0.4) is 0 Å².